The molecule has 0 spiro atoms. The molecule has 1 aromatic carbocycles. The molecule has 2 N–H and O–H groups in total. The minimum Gasteiger partial charge on any atom is -0.477 e. The highest BCUT2D eigenvalue weighted by Gasteiger charge is 2.23. The maximum Gasteiger partial charge on any atom is 0.352 e. The number of carboxylic acids is 1. The Kier molecular flexibility index (Phi) is 5.46. The number of benzene rings is 1. The summed E-state index contributed by atoms with van der Waals surface area (Å²) in [5, 5.41) is 9.15. The van der Waals surface area contributed by atoms with Crippen molar-refractivity contribution in [3.05, 3.63) is 53.3 Å². The van der Waals surface area contributed by atoms with Gasteiger partial charge >= 0.3 is 5.97 Å². The predicted molar refractivity (Wildman–Crippen MR) is 91.6 cm³/mol. The fraction of sp³-hybridized carbons (Fsp3) is 0.353. The Morgan fingerprint density at radius 3 is 2.33 bits per heavy atom. The molecule has 0 saturated heterocycles. The van der Waals surface area contributed by atoms with Gasteiger partial charge in [0.2, 0.25) is 10.0 Å². The summed E-state index contributed by atoms with van der Waals surface area (Å²) in [5.41, 5.74) is 1.99. The van der Waals surface area contributed by atoms with Crippen LogP contribution in [0.15, 0.2) is 41.4 Å². The number of rotatable bonds is 7. The van der Waals surface area contributed by atoms with Gasteiger partial charge in [-0.3, -0.25) is 0 Å². The van der Waals surface area contributed by atoms with Gasteiger partial charge in [0.15, 0.2) is 0 Å². The summed E-state index contributed by atoms with van der Waals surface area (Å²) >= 11 is 0. The molecular weight excluding hydrogens is 328 g/mol. The van der Waals surface area contributed by atoms with Gasteiger partial charge in [-0.05, 0) is 37.5 Å². The van der Waals surface area contributed by atoms with E-state index in [1.54, 1.807) is 13.8 Å². The third-order valence-corrected chi connectivity index (χ3v) is 5.47. The number of aromatic carboxylic acids is 1. The van der Waals surface area contributed by atoms with Crippen LogP contribution in [0, 0.1) is 0 Å². The van der Waals surface area contributed by atoms with Crippen molar-refractivity contribution in [2.75, 3.05) is 0 Å². The van der Waals surface area contributed by atoms with Gasteiger partial charge in [0.25, 0.3) is 0 Å². The number of carbonyl (C=O) groups is 1. The van der Waals surface area contributed by atoms with Crippen molar-refractivity contribution in [3.8, 4) is 0 Å². The summed E-state index contributed by atoms with van der Waals surface area (Å²) in [4.78, 5) is 11.1. The van der Waals surface area contributed by atoms with Crippen LogP contribution in [0.2, 0.25) is 0 Å². The molecule has 1 atom stereocenters. The lowest BCUT2D eigenvalue weighted by Gasteiger charge is -2.14. The standard InChI is InChI=1S/C17H22N2O4S/c1-4-13-6-8-14(9-7-13)12(3)18-24(22,23)15-10-16(17(20)21)19(5-2)11-15/h6-12,18H,4-5H2,1-3H3,(H,20,21). The molecule has 1 heterocycles. The van der Waals surface area contributed by atoms with Crippen molar-refractivity contribution in [2.24, 2.45) is 0 Å². The van der Waals surface area contributed by atoms with Gasteiger partial charge < -0.3 is 9.67 Å². The zero-order chi connectivity index (χ0) is 17.9. The largest absolute Gasteiger partial charge is 0.477 e. The summed E-state index contributed by atoms with van der Waals surface area (Å²) in [6, 6.07) is 8.49. The van der Waals surface area contributed by atoms with E-state index in [1.807, 2.05) is 24.3 Å². The van der Waals surface area contributed by atoms with Crippen LogP contribution in [0.1, 0.15) is 48.4 Å². The molecule has 0 amide bonds. The second-order valence-corrected chi connectivity index (χ2v) is 7.30. The highest BCUT2D eigenvalue weighted by atomic mass is 32.2. The first-order valence-corrected chi connectivity index (χ1v) is 9.31. The van der Waals surface area contributed by atoms with Crippen LogP contribution in [-0.2, 0) is 23.0 Å². The summed E-state index contributed by atoms with van der Waals surface area (Å²) in [6.07, 6.45) is 2.27. The number of sulfonamides is 1. The Morgan fingerprint density at radius 1 is 1.25 bits per heavy atom. The van der Waals surface area contributed by atoms with E-state index in [0.29, 0.717) is 6.54 Å². The molecule has 2 aromatic rings. The minimum atomic E-state index is -3.80. The van der Waals surface area contributed by atoms with Crippen molar-refractivity contribution in [2.45, 2.75) is 44.7 Å². The maximum absolute atomic E-state index is 12.5. The van der Waals surface area contributed by atoms with E-state index in [9.17, 15) is 13.2 Å². The molecule has 0 bridgehead atoms. The lowest BCUT2D eigenvalue weighted by atomic mass is 10.1. The monoisotopic (exact) mass is 350 g/mol. The first-order chi connectivity index (χ1) is 11.3. The summed E-state index contributed by atoms with van der Waals surface area (Å²) in [7, 11) is -3.80. The van der Waals surface area contributed by atoms with Crippen molar-refractivity contribution < 1.29 is 18.3 Å². The van der Waals surface area contributed by atoms with Crippen molar-refractivity contribution in [1.82, 2.24) is 9.29 Å². The third kappa shape index (κ3) is 3.85. The molecule has 0 aliphatic heterocycles. The van der Waals surface area contributed by atoms with Gasteiger partial charge in [0.1, 0.15) is 10.6 Å². The minimum absolute atomic E-state index is 0.0428. The Morgan fingerprint density at radius 2 is 1.88 bits per heavy atom. The van der Waals surface area contributed by atoms with Crippen LogP contribution in [0.5, 0.6) is 0 Å². The number of hydrogen-bond donors (Lipinski definition) is 2. The van der Waals surface area contributed by atoms with Crippen LogP contribution in [0.3, 0.4) is 0 Å². The number of carboxylic acid groups (broad SMARTS) is 1. The molecular formula is C17H22N2O4S. The molecule has 2 rings (SSSR count). The van der Waals surface area contributed by atoms with E-state index >= 15 is 0 Å². The fourth-order valence-electron chi connectivity index (χ4n) is 2.48. The van der Waals surface area contributed by atoms with E-state index in [-0.39, 0.29) is 10.6 Å². The van der Waals surface area contributed by atoms with Crippen LogP contribution in [0.4, 0.5) is 0 Å². The normalized spacial score (nSPS) is 13.0. The smallest absolute Gasteiger partial charge is 0.352 e. The average Bonchev–Trinajstić information content (AvgIpc) is 3.00. The molecule has 7 heteroatoms. The molecule has 1 aromatic heterocycles. The van der Waals surface area contributed by atoms with Crippen molar-refractivity contribution >= 4 is 16.0 Å². The lowest BCUT2D eigenvalue weighted by Crippen LogP contribution is -2.26. The van der Waals surface area contributed by atoms with E-state index in [4.69, 9.17) is 5.11 Å². The van der Waals surface area contributed by atoms with Gasteiger partial charge in [-0.25, -0.2) is 17.9 Å². The Bertz CT molecular complexity index is 823. The van der Waals surface area contributed by atoms with E-state index < -0.39 is 22.0 Å². The van der Waals surface area contributed by atoms with E-state index in [1.165, 1.54) is 22.4 Å². The fourth-order valence-corrected chi connectivity index (χ4v) is 3.75. The van der Waals surface area contributed by atoms with E-state index in [2.05, 4.69) is 11.6 Å². The van der Waals surface area contributed by atoms with Crippen LogP contribution < -0.4 is 4.72 Å². The second kappa shape index (κ2) is 7.19. The first kappa shape index (κ1) is 18.2. The topological polar surface area (TPSA) is 88.4 Å². The average molecular weight is 350 g/mol. The third-order valence-electron chi connectivity index (χ3n) is 3.96. The second-order valence-electron chi connectivity index (χ2n) is 5.59. The Hall–Kier alpha value is -2.12. The van der Waals surface area contributed by atoms with Gasteiger partial charge in [-0.1, -0.05) is 31.2 Å². The first-order valence-electron chi connectivity index (χ1n) is 7.83. The SMILES string of the molecule is CCc1ccc(C(C)NS(=O)(=O)c2cc(C(=O)O)n(CC)c2)cc1. The Balaban J connectivity index is 2.25. The highest BCUT2D eigenvalue weighted by molar-refractivity contribution is 7.89. The molecule has 1 unspecified atom stereocenters. The predicted octanol–water partition coefficient (Wildman–Crippen LogP) is 2.81. The van der Waals surface area contributed by atoms with Crippen molar-refractivity contribution in [3.63, 3.8) is 0 Å². The number of aryl methyl sites for hydroxylation is 2. The van der Waals surface area contributed by atoms with Crippen LogP contribution in [0.25, 0.3) is 0 Å². The maximum atomic E-state index is 12.5. The summed E-state index contributed by atoms with van der Waals surface area (Å²) < 4.78 is 29.0. The van der Waals surface area contributed by atoms with Gasteiger partial charge in [-0.2, -0.15) is 0 Å². The van der Waals surface area contributed by atoms with Gasteiger partial charge in [-0.15, -0.1) is 0 Å². The van der Waals surface area contributed by atoms with Crippen LogP contribution in [-0.4, -0.2) is 24.1 Å². The number of aromatic nitrogens is 1. The zero-order valence-corrected chi connectivity index (χ0v) is 14.8. The highest BCUT2D eigenvalue weighted by Crippen LogP contribution is 2.20. The number of nitrogens with zero attached hydrogens (tertiary/aromatic N) is 1. The molecule has 0 fully saturated rings. The summed E-state index contributed by atoms with van der Waals surface area (Å²) in [6.45, 7) is 5.95. The molecule has 0 saturated carbocycles. The molecule has 130 valence electrons. The molecule has 0 aliphatic carbocycles. The van der Waals surface area contributed by atoms with Gasteiger partial charge in [0.05, 0.1) is 0 Å². The number of nitrogens with one attached hydrogen (secondary N) is 1. The van der Waals surface area contributed by atoms with Crippen molar-refractivity contribution in [1.29, 1.82) is 0 Å². The summed E-state index contributed by atoms with van der Waals surface area (Å²) in [5.74, 6) is -1.15. The molecule has 6 nitrogen and oxygen atoms in total. The van der Waals surface area contributed by atoms with Gasteiger partial charge in [0, 0.05) is 18.8 Å². The zero-order valence-electron chi connectivity index (χ0n) is 14.0. The van der Waals surface area contributed by atoms with E-state index in [0.717, 1.165) is 12.0 Å². The van der Waals surface area contributed by atoms with Crippen LogP contribution >= 0.6 is 0 Å². The quantitative estimate of drug-likeness (QED) is 0.804. The molecule has 24 heavy (non-hydrogen) atoms. The number of hydrogen-bond acceptors (Lipinski definition) is 3. The Labute approximate surface area is 142 Å². The molecule has 0 aliphatic rings. The lowest BCUT2D eigenvalue weighted by molar-refractivity contribution is 0.0685. The molecule has 0 radical (unpaired) electrons.